The van der Waals surface area contributed by atoms with Crippen molar-refractivity contribution in [3.05, 3.63) is 117 Å². The summed E-state index contributed by atoms with van der Waals surface area (Å²) in [6.45, 7) is 0.337. The van der Waals surface area contributed by atoms with Gasteiger partial charge in [0.15, 0.2) is 0 Å². The van der Waals surface area contributed by atoms with Gasteiger partial charge in [-0.05, 0) is 64.5 Å². The Morgan fingerprint density at radius 3 is 2.17 bits per heavy atom. The smallest absolute Gasteiger partial charge is 0.355 e. The van der Waals surface area contributed by atoms with Crippen molar-refractivity contribution in [3.63, 3.8) is 0 Å². The predicted octanol–water partition coefficient (Wildman–Crippen LogP) is 5.56. The highest BCUT2D eigenvalue weighted by Gasteiger charge is 2.27. The molecule has 0 radical (unpaired) electrons. The Bertz CT molecular complexity index is 1780. The zero-order valence-electron chi connectivity index (χ0n) is 22.8. The number of carbonyl (C=O) groups excluding carboxylic acids is 1. The molecule has 0 spiro atoms. The molecule has 208 valence electrons. The third kappa shape index (κ3) is 5.27. The van der Waals surface area contributed by atoms with Gasteiger partial charge in [0.2, 0.25) is 0 Å². The Labute approximate surface area is 241 Å². The molecule has 0 aliphatic carbocycles. The van der Waals surface area contributed by atoms with Crippen LogP contribution in [0.25, 0.3) is 27.6 Å². The molecule has 41 heavy (non-hydrogen) atoms. The quantitative estimate of drug-likeness (QED) is 0.244. The molecule has 0 amide bonds. The Kier molecular flexibility index (Phi) is 8.05. The fraction of sp³-hybridized carbons (Fsp3) is 0.156. The maximum atomic E-state index is 14.3. The van der Waals surface area contributed by atoms with Crippen LogP contribution >= 0.6 is 11.6 Å². The molecule has 2 heterocycles. The number of rotatable bonds is 8. The van der Waals surface area contributed by atoms with E-state index < -0.39 is 5.97 Å². The first-order valence-corrected chi connectivity index (χ1v) is 13.2. The number of methoxy groups -OCH3 is 3. The molecule has 0 saturated carbocycles. The number of nitrogens with two attached hydrogens (primary N) is 1. The molecule has 0 atom stereocenters. The van der Waals surface area contributed by atoms with Crippen LogP contribution in [0.4, 0.5) is 0 Å². The number of hydrogen-bond acceptors (Lipinski definition) is 7. The van der Waals surface area contributed by atoms with E-state index in [4.69, 9.17) is 31.5 Å². The molecule has 0 aliphatic rings. The van der Waals surface area contributed by atoms with Crippen LogP contribution in [-0.2, 0) is 17.7 Å². The zero-order valence-corrected chi connectivity index (χ0v) is 23.6. The first-order valence-electron chi connectivity index (χ1n) is 12.8. The fourth-order valence-corrected chi connectivity index (χ4v) is 5.16. The standard InChI is InChI=1S/C32H28ClN3O5/c1-39-26-16-21(17-27(40-2)29(26)33)28-24-12-9-20(14-22-6-4-5-13-35-22)15-25(24)31(37)36(30(28)32(38)41-3)23-10-7-19(18-34)8-11-23/h4-13,15-17H,14,18,34H2,1-3H3. The van der Waals surface area contributed by atoms with Crippen LogP contribution < -0.4 is 20.8 Å². The van der Waals surface area contributed by atoms with Gasteiger partial charge in [-0.25, -0.2) is 4.79 Å². The molecule has 0 bridgehead atoms. The average Bonchev–Trinajstić information content (AvgIpc) is 3.01. The molecule has 2 N–H and O–H groups in total. The highest BCUT2D eigenvalue weighted by molar-refractivity contribution is 6.33. The lowest BCUT2D eigenvalue weighted by Gasteiger charge is -2.20. The number of halogens is 1. The van der Waals surface area contributed by atoms with Crippen molar-refractivity contribution in [2.24, 2.45) is 5.73 Å². The van der Waals surface area contributed by atoms with Gasteiger partial charge in [-0.15, -0.1) is 0 Å². The first-order chi connectivity index (χ1) is 19.9. The summed E-state index contributed by atoms with van der Waals surface area (Å²) in [6, 6.07) is 21.9. The lowest BCUT2D eigenvalue weighted by atomic mass is 9.94. The molecule has 2 aromatic heterocycles. The van der Waals surface area contributed by atoms with E-state index in [-0.39, 0.29) is 16.3 Å². The van der Waals surface area contributed by atoms with Crippen molar-refractivity contribution in [2.45, 2.75) is 13.0 Å². The van der Waals surface area contributed by atoms with Crippen LogP contribution in [-0.4, -0.2) is 36.8 Å². The molecule has 8 nitrogen and oxygen atoms in total. The van der Waals surface area contributed by atoms with Gasteiger partial charge in [-0.1, -0.05) is 41.9 Å². The Morgan fingerprint density at radius 1 is 0.902 bits per heavy atom. The molecule has 5 rings (SSSR count). The second-order valence-corrected chi connectivity index (χ2v) is 9.68. The molecular weight excluding hydrogens is 542 g/mol. The Hall–Kier alpha value is -4.66. The summed E-state index contributed by atoms with van der Waals surface area (Å²) in [5, 5.41) is 1.25. The lowest BCUT2D eigenvalue weighted by Crippen LogP contribution is -2.27. The van der Waals surface area contributed by atoms with E-state index in [2.05, 4.69) is 4.98 Å². The van der Waals surface area contributed by atoms with Crippen LogP contribution in [0.5, 0.6) is 11.5 Å². The van der Waals surface area contributed by atoms with Gasteiger partial charge in [-0.2, -0.15) is 0 Å². The number of carbonyl (C=O) groups is 1. The molecule has 0 aliphatic heterocycles. The number of pyridine rings is 2. The highest BCUT2D eigenvalue weighted by atomic mass is 35.5. The van der Waals surface area contributed by atoms with E-state index in [9.17, 15) is 9.59 Å². The van der Waals surface area contributed by atoms with Gasteiger partial charge in [0, 0.05) is 41.5 Å². The maximum absolute atomic E-state index is 14.3. The normalized spacial score (nSPS) is 11.0. The van der Waals surface area contributed by atoms with Gasteiger partial charge in [0.1, 0.15) is 22.2 Å². The monoisotopic (exact) mass is 569 g/mol. The number of aromatic nitrogens is 2. The highest BCUT2D eigenvalue weighted by Crippen LogP contribution is 2.42. The summed E-state index contributed by atoms with van der Waals surface area (Å²) < 4.78 is 17.7. The molecular formula is C32H28ClN3O5. The largest absolute Gasteiger partial charge is 0.495 e. The van der Waals surface area contributed by atoms with E-state index in [1.165, 1.54) is 25.9 Å². The zero-order chi connectivity index (χ0) is 29.1. The lowest BCUT2D eigenvalue weighted by molar-refractivity contribution is 0.0591. The summed E-state index contributed by atoms with van der Waals surface area (Å²) in [7, 11) is 4.27. The van der Waals surface area contributed by atoms with Crippen LogP contribution in [0.2, 0.25) is 5.02 Å². The van der Waals surface area contributed by atoms with Crippen molar-refractivity contribution < 1.29 is 19.0 Å². The second kappa shape index (κ2) is 11.8. The van der Waals surface area contributed by atoms with Crippen molar-refractivity contribution in [3.8, 4) is 28.3 Å². The Balaban J connectivity index is 1.90. The molecule has 3 aromatic carbocycles. The summed E-state index contributed by atoms with van der Waals surface area (Å²) in [5.74, 6) is 0.0101. The summed E-state index contributed by atoms with van der Waals surface area (Å²) in [6.07, 6.45) is 2.26. The van der Waals surface area contributed by atoms with Gasteiger partial charge in [-0.3, -0.25) is 14.3 Å². The molecule has 9 heteroatoms. The van der Waals surface area contributed by atoms with E-state index in [1.54, 1.807) is 30.5 Å². The van der Waals surface area contributed by atoms with Crippen molar-refractivity contribution in [2.75, 3.05) is 21.3 Å². The first kappa shape index (κ1) is 27.9. The van der Waals surface area contributed by atoms with Gasteiger partial charge < -0.3 is 19.9 Å². The van der Waals surface area contributed by atoms with E-state index in [1.807, 2.05) is 48.5 Å². The van der Waals surface area contributed by atoms with Crippen LogP contribution in [0.1, 0.15) is 27.3 Å². The van der Waals surface area contributed by atoms with Crippen molar-refractivity contribution >= 4 is 28.3 Å². The summed E-state index contributed by atoms with van der Waals surface area (Å²) in [5.41, 5.74) is 9.62. The van der Waals surface area contributed by atoms with E-state index in [0.717, 1.165) is 16.8 Å². The SMILES string of the molecule is COC(=O)c1c(-c2cc(OC)c(Cl)c(OC)c2)c2ccc(Cc3ccccn3)cc2c(=O)n1-c1ccc(CN)cc1. The average molecular weight is 570 g/mol. The number of esters is 1. The fourth-order valence-electron chi connectivity index (χ4n) is 4.89. The third-order valence-corrected chi connectivity index (χ3v) is 7.27. The van der Waals surface area contributed by atoms with E-state index in [0.29, 0.717) is 52.1 Å². The molecule has 0 saturated heterocycles. The Morgan fingerprint density at radius 2 is 1.59 bits per heavy atom. The molecule has 5 aromatic rings. The van der Waals surface area contributed by atoms with Crippen molar-refractivity contribution in [1.29, 1.82) is 0 Å². The number of benzene rings is 3. The number of ether oxygens (including phenoxy) is 3. The van der Waals surface area contributed by atoms with Crippen molar-refractivity contribution in [1.82, 2.24) is 9.55 Å². The maximum Gasteiger partial charge on any atom is 0.355 e. The van der Waals surface area contributed by atoms with Crippen LogP contribution in [0.3, 0.4) is 0 Å². The molecule has 0 unspecified atom stereocenters. The van der Waals surface area contributed by atoms with Gasteiger partial charge in [0.25, 0.3) is 5.56 Å². The summed E-state index contributed by atoms with van der Waals surface area (Å²) in [4.78, 5) is 32.2. The van der Waals surface area contributed by atoms with E-state index >= 15 is 0 Å². The minimum Gasteiger partial charge on any atom is -0.495 e. The van der Waals surface area contributed by atoms with Crippen LogP contribution in [0.15, 0.2) is 83.8 Å². The minimum atomic E-state index is -0.688. The summed E-state index contributed by atoms with van der Waals surface area (Å²) >= 11 is 6.48. The minimum absolute atomic E-state index is 0.0504. The second-order valence-electron chi connectivity index (χ2n) is 9.30. The topological polar surface area (TPSA) is 106 Å². The third-order valence-electron chi connectivity index (χ3n) is 6.90. The number of nitrogens with zero attached hydrogens (tertiary/aromatic N) is 2. The molecule has 0 fully saturated rings. The number of fused-ring (bicyclic) bond motifs is 1. The van der Waals surface area contributed by atoms with Gasteiger partial charge in [0.05, 0.1) is 21.3 Å². The van der Waals surface area contributed by atoms with Crippen LogP contribution in [0, 0.1) is 0 Å². The number of hydrogen-bond donors (Lipinski definition) is 1. The predicted molar refractivity (Wildman–Crippen MR) is 159 cm³/mol. The van der Waals surface area contributed by atoms with Gasteiger partial charge >= 0.3 is 5.97 Å².